The number of piperidine rings is 1. The Labute approximate surface area is 104 Å². The third kappa shape index (κ3) is 5.34. The lowest BCUT2D eigenvalue weighted by Gasteiger charge is -2.23. The zero-order chi connectivity index (χ0) is 11.8. The summed E-state index contributed by atoms with van der Waals surface area (Å²) in [6.45, 7) is 5.97. The molecule has 0 radical (unpaired) electrons. The van der Waals surface area contributed by atoms with Crippen molar-refractivity contribution in [2.24, 2.45) is 0 Å². The maximum atomic E-state index is 5.63. The molecule has 0 aliphatic carbocycles. The van der Waals surface area contributed by atoms with Crippen molar-refractivity contribution in [1.29, 1.82) is 0 Å². The number of hydrogen-bond acceptors (Lipinski definition) is 4. The SMILES string of the molecule is C(CNC1CCNCC1)COCC1CCCO1. The van der Waals surface area contributed by atoms with E-state index in [2.05, 4.69) is 10.6 Å². The molecule has 2 aliphatic rings. The topological polar surface area (TPSA) is 42.5 Å². The first-order valence-electron chi connectivity index (χ1n) is 7.08. The fourth-order valence-corrected chi connectivity index (χ4v) is 2.50. The number of hydrogen-bond donors (Lipinski definition) is 2. The molecule has 17 heavy (non-hydrogen) atoms. The van der Waals surface area contributed by atoms with Crippen molar-refractivity contribution in [3.63, 3.8) is 0 Å². The van der Waals surface area contributed by atoms with Crippen LogP contribution in [-0.4, -0.2) is 51.6 Å². The predicted octanol–water partition coefficient (Wildman–Crippen LogP) is 0.914. The number of ether oxygens (including phenoxy) is 2. The highest BCUT2D eigenvalue weighted by Crippen LogP contribution is 2.11. The Hall–Kier alpha value is -0.160. The molecule has 0 bridgehead atoms. The average molecular weight is 242 g/mol. The van der Waals surface area contributed by atoms with E-state index in [0.29, 0.717) is 6.10 Å². The summed E-state index contributed by atoms with van der Waals surface area (Å²) < 4.78 is 11.1. The minimum absolute atomic E-state index is 0.368. The molecule has 100 valence electrons. The minimum atomic E-state index is 0.368. The van der Waals surface area contributed by atoms with Crippen molar-refractivity contribution in [2.45, 2.75) is 44.2 Å². The molecule has 2 aliphatic heterocycles. The van der Waals surface area contributed by atoms with Crippen molar-refractivity contribution in [2.75, 3.05) is 39.5 Å². The summed E-state index contributed by atoms with van der Waals surface area (Å²) in [4.78, 5) is 0. The van der Waals surface area contributed by atoms with Gasteiger partial charge in [-0.05, 0) is 51.7 Å². The van der Waals surface area contributed by atoms with Crippen molar-refractivity contribution >= 4 is 0 Å². The molecular weight excluding hydrogens is 216 g/mol. The molecule has 0 aromatic carbocycles. The number of nitrogens with one attached hydrogen (secondary N) is 2. The van der Waals surface area contributed by atoms with E-state index < -0.39 is 0 Å². The van der Waals surface area contributed by atoms with E-state index in [1.54, 1.807) is 0 Å². The van der Waals surface area contributed by atoms with Gasteiger partial charge in [0.1, 0.15) is 0 Å². The van der Waals surface area contributed by atoms with Gasteiger partial charge in [0.05, 0.1) is 12.7 Å². The second-order valence-electron chi connectivity index (χ2n) is 5.04. The van der Waals surface area contributed by atoms with Crippen LogP contribution in [0.15, 0.2) is 0 Å². The molecule has 2 saturated heterocycles. The molecule has 2 fully saturated rings. The Morgan fingerprint density at radius 1 is 1.24 bits per heavy atom. The second-order valence-corrected chi connectivity index (χ2v) is 5.04. The van der Waals surface area contributed by atoms with Crippen LogP contribution in [0, 0.1) is 0 Å². The summed E-state index contributed by atoms with van der Waals surface area (Å²) in [5.41, 5.74) is 0. The average Bonchev–Trinajstić information content (AvgIpc) is 2.88. The summed E-state index contributed by atoms with van der Waals surface area (Å²) in [7, 11) is 0. The zero-order valence-corrected chi connectivity index (χ0v) is 10.7. The highest BCUT2D eigenvalue weighted by Gasteiger charge is 2.15. The molecule has 0 aromatic heterocycles. The fourth-order valence-electron chi connectivity index (χ4n) is 2.50. The first-order valence-corrected chi connectivity index (χ1v) is 7.08. The lowest BCUT2D eigenvalue weighted by molar-refractivity contribution is 0.0165. The molecule has 0 spiro atoms. The van der Waals surface area contributed by atoms with Crippen LogP contribution in [0.1, 0.15) is 32.1 Å². The highest BCUT2D eigenvalue weighted by molar-refractivity contribution is 4.73. The molecule has 2 rings (SSSR count). The largest absolute Gasteiger partial charge is 0.379 e. The van der Waals surface area contributed by atoms with Gasteiger partial charge in [0.25, 0.3) is 0 Å². The van der Waals surface area contributed by atoms with E-state index in [1.165, 1.54) is 25.7 Å². The van der Waals surface area contributed by atoms with Crippen LogP contribution in [0.4, 0.5) is 0 Å². The highest BCUT2D eigenvalue weighted by atomic mass is 16.5. The molecule has 0 saturated carbocycles. The van der Waals surface area contributed by atoms with E-state index in [0.717, 1.165) is 51.9 Å². The Kier molecular flexibility index (Phi) is 6.27. The van der Waals surface area contributed by atoms with E-state index >= 15 is 0 Å². The van der Waals surface area contributed by atoms with Gasteiger partial charge in [0.15, 0.2) is 0 Å². The van der Waals surface area contributed by atoms with Crippen LogP contribution in [0.2, 0.25) is 0 Å². The van der Waals surface area contributed by atoms with Crippen LogP contribution in [0.5, 0.6) is 0 Å². The van der Waals surface area contributed by atoms with Gasteiger partial charge in [0, 0.05) is 19.3 Å². The van der Waals surface area contributed by atoms with Gasteiger partial charge in [-0.15, -0.1) is 0 Å². The quantitative estimate of drug-likeness (QED) is 0.651. The van der Waals surface area contributed by atoms with E-state index in [1.807, 2.05) is 0 Å². The van der Waals surface area contributed by atoms with Gasteiger partial charge >= 0.3 is 0 Å². The molecule has 1 unspecified atom stereocenters. The Morgan fingerprint density at radius 2 is 2.12 bits per heavy atom. The van der Waals surface area contributed by atoms with Crippen molar-refractivity contribution in [3.05, 3.63) is 0 Å². The van der Waals surface area contributed by atoms with Crippen molar-refractivity contribution in [1.82, 2.24) is 10.6 Å². The molecule has 4 nitrogen and oxygen atoms in total. The minimum Gasteiger partial charge on any atom is -0.379 e. The first-order chi connectivity index (χ1) is 8.45. The van der Waals surface area contributed by atoms with Crippen LogP contribution in [0.25, 0.3) is 0 Å². The second kappa shape index (κ2) is 8.03. The molecule has 0 amide bonds. The lowest BCUT2D eigenvalue weighted by atomic mass is 10.1. The van der Waals surface area contributed by atoms with Gasteiger partial charge in [-0.1, -0.05) is 0 Å². The van der Waals surface area contributed by atoms with E-state index in [-0.39, 0.29) is 0 Å². The van der Waals surface area contributed by atoms with Gasteiger partial charge in [-0.25, -0.2) is 0 Å². The smallest absolute Gasteiger partial charge is 0.0809 e. The van der Waals surface area contributed by atoms with Gasteiger partial charge in [-0.3, -0.25) is 0 Å². The molecule has 2 heterocycles. The van der Waals surface area contributed by atoms with Crippen LogP contribution < -0.4 is 10.6 Å². The zero-order valence-electron chi connectivity index (χ0n) is 10.7. The third-order valence-electron chi connectivity index (χ3n) is 3.57. The van der Waals surface area contributed by atoms with Crippen LogP contribution >= 0.6 is 0 Å². The first kappa shape index (κ1) is 13.3. The number of rotatable bonds is 7. The Balaban J connectivity index is 1.38. The van der Waals surface area contributed by atoms with Gasteiger partial charge < -0.3 is 20.1 Å². The summed E-state index contributed by atoms with van der Waals surface area (Å²) in [6, 6.07) is 0.717. The molecule has 4 heteroatoms. The lowest BCUT2D eigenvalue weighted by Crippen LogP contribution is -2.40. The monoisotopic (exact) mass is 242 g/mol. The van der Waals surface area contributed by atoms with E-state index in [4.69, 9.17) is 9.47 Å². The van der Waals surface area contributed by atoms with Crippen LogP contribution in [0.3, 0.4) is 0 Å². The molecule has 0 aromatic rings. The van der Waals surface area contributed by atoms with Gasteiger partial charge in [-0.2, -0.15) is 0 Å². The normalized spacial score (nSPS) is 26.5. The maximum Gasteiger partial charge on any atom is 0.0809 e. The van der Waals surface area contributed by atoms with Crippen molar-refractivity contribution in [3.8, 4) is 0 Å². The summed E-state index contributed by atoms with van der Waals surface area (Å²) in [5, 5.41) is 6.98. The summed E-state index contributed by atoms with van der Waals surface area (Å²) in [6.07, 6.45) is 6.37. The summed E-state index contributed by atoms with van der Waals surface area (Å²) in [5.74, 6) is 0. The van der Waals surface area contributed by atoms with E-state index in [9.17, 15) is 0 Å². The maximum absolute atomic E-state index is 5.63. The Morgan fingerprint density at radius 3 is 2.88 bits per heavy atom. The summed E-state index contributed by atoms with van der Waals surface area (Å²) >= 11 is 0. The molecular formula is C13H26N2O2. The molecule has 1 atom stereocenters. The predicted molar refractivity (Wildman–Crippen MR) is 68.3 cm³/mol. The Bertz CT molecular complexity index is 190. The van der Waals surface area contributed by atoms with Crippen LogP contribution in [-0.2, 0) is 9.47 Å². The van der Waals surface area contributed by atoms with Crippen molar-refractivity contribution < 1.29 is 9.47 Å². The fraction of sp³-hybridized carbons (Fsp3) is 1.00. The van der Waals surface area contributed by atoms with Gasteiger partial charge in [0.2, 0.25) is 0 Å². The third-order valence-corrected chi connectivity index (χ3v) is 3.57. The standard InChI is InChI=1S/C13H26N2O2/c1-3-13(17-10-1)11-16-9-2-6-15-12-4-7-14-8-5-12/h12-15H,1-11H2. The molecule has 2 N–H and O–H groups in total.